The van der Waals surface area contributed by atoms with Crippen LogP contribution in [-0.4, -0.2) is 49.5 Å². The van der Waals surface area contributed by atoms with Crippen LogP contribution < -0.4 is 15.8 Å². The highest BCUT2D eigenvalue weighted by Crippen LogP contribution is 2.34. The molecule has 3 N–H and O–H groups in total. The maximum absolute atomic E-state index is 14.6. The van der Waals surface area contributed by atoms with E-state index in [2.05, 4.69) is 15.3 Å². The normalized spacial score (nSPS) is 19.8. The average Bonchev–Trinajstić information content (AvgIpc) is 2.72. The number of guanidine groups is 1. The third kappa shape index (κ3) is 4.13. The number of nitrogens with zero attached hydrogens (tertiary/aromatic N) is 4. The number of carbonyl (C=O) groups is 1. The van der Waals surface area contributed by atoms with Crippen molar-refractivity contribution in [1.29, 1.82) is 5.26 Å². The lowest BCUT2D eigenvalue weighted by Gasteiger charge is -2.34. The zero-order valence-corrected chi connectivity index (χ0v) is 17.7. The van der Waals surface area contributed by atoms with Crippen LogP contribution in [0.3, 0.4) is 0 Å². The molecule has 31 heavy (non-hydrogen) atoms. The first-order valence-corrected chi connectivity index (χ1v) is 10.5. The van der Waals surface area contributed by atoms with E-state index in [4.69, 9.17) is 10.5 Å². The fourth-order valence-electron chi connectivity index (χ4n) is 3.12. The number of methoxy groups -OCH3 is 1. The van der Waals surface area contributed by atoms with Gasteiger partial charge in [-0.15, -0.1) is 0 Å². The highest BCUT2D eigenvalue weighted by Gasteiger charge is 2.41. The standard InChI is InChI=1S/C19H19FN6O4S/c1-19(10-31(28,29)26(2)18(22)25-19)14-7-12(4-5-15(14)20)24-17(27)16-11(8-21)6-13(30-3)9-23-16/h4-7,9H,10H2,1-3H3,(H2,22,25)(H,24,27)/t19-/m0/s1. The number of nitrogens with one attached hydrogen (secondary N) is 1. The van der Waals surface area contributed by atoms with Crippen LogP contribution in [0.15, 0.2) is 35.5 Å². The van der Waals surface area contributed by atoms with Crippen molar-refractivity contribution < 1.29 is 22.3 Å². The molecule has 2 heterocycles. The van der Waals surface area contributed by atoms with E-state index in [9.17, 15) is 22.9 Å². The zero-order chi connectivity index (χ0) is 23.0. The molecule has 1 atom stereocenters. The molecule has 0 bridgehead atoms. The number of hydrogen-bond acceptors (Lipinski definition) is 8. The van der Waals surface area contributed by atoms with E-state index < -0.39 is 33.0 Å². The summed E-state index contributed by atoms with van der Waals surface area (Å²) >= 11 is 0. The lowest BCUT2D eigenvalue weighted by Crippen LogP contribution is -2.50. The second-order valence-electron chi connectivity index (χ2n) is 7.00. The Morgan fingerprint density at radius 3 is 2.74 bits per heavy atom. The topological polar surface area (TPSA) is 151 Å². The van der Waals surface area contributed by atoms with Crippen LogP contribution in [0.2, 0.25) is 0 Å². The molecule has 1 aliphatic rings. The lowest BCUT2D eigenvalue weighted by atomic mass is 9.93. The minimum absolute atomic E-state index is 0.00932. The Bertz CT molecular complexity index is 1240. The summed E-state index contributed by atoms with van der Waals surface area (Å²) < 4.78 is 45.2. The monoisotopic (exact) mass is 446 g/mol. The van der Waals surface area contributed by atoms with Crippen molar-refractivity contribution >= 4 is 27.6 Å². The van der Waals surface area contributed by atoms with Crippen LogP contribution in [0.1, 0.15) is 28.5 Å². The summed E-state index contributed by atoms with van der Waals surface area (Å²) in [5.41, 5.74) is 4.16. The summed E-state index contributed by atoms with van der Waals surface area (Å²) in [5.74, 6) is -1.89. The summed E-state index contributed by atoms with van der Waals surface area (Å²) in [6, 6.07) is 6.89. The summed E-state index contributed by atoms with van der Waals surface area (Å²) in [4.78, 5) is 20.7. The largest absolute Gasteiger partial charge is 0.495 e. The summed E-state index contributed by atoms with van der Waals surface area (Å²) in [7, 11) is -1.15. The van der Waals surface area contributed by atoms with E-state index in [1.165, 1.54) is 45.5 Å². The predicted octanol–water partition coefficient (Wildman–Crippen LogP) is 1.16. The summed E-state index contributed by atoms with van der Waals surface area (Å²) in [5, 5.41) is 11.8. The molecule has 1 aromatic carbocycles. The highest BCUT2D eigenvalue weighted by atomic mass is 32.2. The number of halogens is 1. The molecule has 12 heteroatoms. The second kappa shape index (κ2) is 7.84. The molecule has 10 nitrogen and oxygen atoms in total. The molecule has 0 aliphatic carbocycles. The number of benzene rings is 1. The van der Waals surface area contributed by atoms with E-state index in [0.717, 1.165) is 10.4 Å². The smallest absolute Gasteiger partial charge is 0.275 e. The molecule has 0 saturated carbocycles. The summed E-state index contributed by atoms with van der Waals surface area (Å²) in [6.07, 6.45) is 1.29. The van der Waals surface area contributed by atoms with Gasteiger partial charge in [-0.05, 0) is 25.1 Å². The lowest BCUT2D eigenvalue weighted by molar-refractivity contribution is 0.102. The molecule has 3 rings (SSSR count). The van der Waals surface area contributed by atoms with Crippen molar-refractivity contribution in [1.82, 2.24) is 9.29 Å². The number of amides is 1. The number of carbonyl (C=O) groups excluding carboxylic acids is 1. The number of hydrogen-bond donors (Lipinski definition) is 2. The van der Waals surface area contributed by atoms with Crippen molar-refractivity contribution in [3.05, 3.63) is 53.1 Å². The van der Waals surface area contributed by atoms with Crippen molar-refractivity contribution in [2.24, 2.45) is 10.7 Å². The maximum Gasteiger partial charge on any atom is 0.275 e. The summed E-state index contributed by atoms with van der Waals surface area (Å²) in [6.45, 7) is 1.44. The van der Waals surface area contributed by atoms with Crippen molar-refractivity contribution in [2.75, 3.05) is 25.2 Å². The van der Waals surface area contributed by atoms with E-state index in [-0.39, 0.29) is 28.5 Å². The van der Waals surface area contributed by atoms with Crippen LogP contribution in [0.25, 0.3) is 0 Å². The van der Waals surface area contributed by atoms with E-state index in [1.54, 1.807) is 0 Å². The van der Waals surface area contributed by atoms with E-state index in [1.807, 2.05) is 6.07 Å². The van der Waals surface area contributed by atoms with Gasteiger partial charge in [-0.2, -0.15) is 5.26 Å². The Hall–Kier alpha value is -3.72. The maximum atomic E-state index is 14.6. The number of nitriles is 1. The third-order valence-corrected chi connectivity index (χ3v) is 6.75. The SMILES string of the molecule is COc1cnc(C(=O)Nc2ccc(F)c([C@]3(C)CS(=O)(=O)N(C)C(N)=N3)c2)c(C#N)c1. The first-order chi connectivity index (χ1) is 14.5. The van der Waals surface area contributed by atoms with E-state index >= 15 is 0 Å². The van der Waals surface area contributed by atoms with Gasteiger partial charge in [-0.1, -0.05) is 0 Å². The van der Waals surface area contributed by atoms with Gasteiger partial charge in [0, 0.05) is 24.4 Å². The molecule has 2 aromatic rings. The van der Waals surface area contributed by atoms with Crippen LogP contribution in [0.5, 0.6) is 5.75 Å². The van der Waals surface area contributed by atoms with Gasteiger partial charge in [0.2, 0.25) is 16.0 Å². The minimum Gasteiger partial charge on any atom is -0.495 e. The van der Waals surface area contributed by atoms with Crippen molar-refractivity contribution in [2.45, 2.75) is 12.5 Å². The van der Waals surface area contributed by atoms with Crippen LogP contribution in [0, 0.1) is 17.1 Å². The molecule has 0 radical (unpaired) electrons. The molecule has 1 aliphatic heterocycles. The van der Waals surface area contributed by atoms with Crippen LogP contribution in [0.4, 0.5) is 10.1 Å². The number of sulfonamides is 1. The van der Waals surface area contributed by atoms with Gasteiger partial charge in [0.05, 0.1) is 24.6 Å². The Morgan fingerprint density at radius 2 is 2.13 bits per heavy atom. The molecule has 0 saturated heterocycles. The van der Waals surface area contributed by atoms with Gasteiger partial charge >= 0.3 is 0 Å². The molecular formula is C19H19FN6O4S. The highest BCUT2D eigenvalue weighted by molar-refractivity contribution is 7.89. The molecule has 0 fully saturated rings. The molecule has 1 aromatic heterocycles. The Balaban J connectivity index is 1.98. The first-order valence-electron chi connectivity index (χ1n) is 8.88. The number of anilines is 1. The number of rotatable bonds is 4. The molecular weight excluding hydrogens is 427 g/mol. The predicted molar refractivity (Wildman–Crippen MR) is 110 cm³/mol. The van der Waals surface area contributed by atoms with Crippen molar-refractivity contribution in [3.8, 4) is 11.8 Å². The second-order valence-corrected chi connectivity index (χ2v) is 9.00. The van der Waals surface area contributed by atoms with Gasteiger partial charge in [0.15, 0.2) is 0 Å². The zero-order valence-electron chi connectivity index (χ0n) is 16.9. The molecule has 0 unspecified atom stereocenters. The number of nitrogens with two attached hydrogens (primary N) is 1. The fourth-order valence-corrected chi connectivity index (χ4v) is 4.57. The molecule has 162 valence electrons. The van der Waals surface area contributed by atoms with Gasteiger partial charge < -0.3 is 15.8 Å². The first kappa shape index (κ1) is 22.0. The Labute approximate surface area is 178 Å². The van der Waals surface area contributed by atoms with E-state index in [0.29, 0.717) is 5.75 Å². The van der Waals surface area contributed by atoms with Gasteiger partial charge in [0.25, 0.3) is 5.91 Å². The number of aliphatic imine (C=N–C) groups is 1. The van der Waals surface area contributed by atoms with Crippen LogP contribution in [-0.2, 0) is 15.6 Å². The number of pyridine rings is 1. The number of aromatic nitrogens is 1. The Morgan fingerprint density at radius 1 is 1.42 bits per heavy atom. The van der Waals surface area contributed by atoms with Gasteiger partial charge in [-0.3, -0.25) is 4.79 Å². The Kier molecular flexibility index (Phi) is 5.56. The third-order valence-electron chi connectivity index (χ3n) is 4.80. The van der Waals surface area contributed by atoms with Gasteiger partial charge in [-0.25, -0.2) is 27.1 Å². The number of ether oxygens (including phenoxy) is 1. The average molecular weight is 446 g/mol. The van der Waals surface area contributed by atoms with Crippen LogP contribution >= 0.6 is 0 Å². The van der Waals surface area contributed by atoms with Crippen molar-refractivity contribution in [3.63, 3.8) is 0 Å². The quantitative estimate of drug-likeness (QED) is 0.715. The van der Waals surface area contributed by atoms with Gasteiger partial charge in [0.1, 0.15) is 28.9 Å². The molecule has 1 amide bonds. The molecule has 0 spiro atoms. The fraction of sp³-hybridized carbons (Fsp3) is 0.263. The minimum atomic E-state index is -3.81.